The Kier molecular flexibility index (Phi) is 9.42. The molecule has 0 saturated carbocycles. The lowest BCUT2D eigenvalue weighted by molar-refractivity contribution is 0.0918. The van der Waals surface area contributed by atoms with Gasteiger partial charge < -0.3 is 15.4 Å². The first-order valence-electron chi connectivity index (χ1n) is 10.2. The number of nitrogens with zero attached hydrogens (tertiary/aromatic N) is 2. The summed E-state index contributed by atoms with van der Waals surface area (Å²) in [5.41, 5.74) is 3.80. The monoisotopic (exact) mass is 455 g/mol. The Morgan fingerprint density at radius 2 is 1.93 bits per heavy atom. The highest BCUT2D eigenvalue weighted by molar-refractivity contribution is 5.94. The lowest BCUT2D eigenvalue weighted by Gasteiger charge is -2.35. The molecular formula is C21H31Cl2N5O2. The lowest BCUT2D eigenvalue weighted by Crippen LogP contribution is -2.41. The predicted octanol–water partition coefficient (Wildman–Crippen LogP) is 2.86. The highest BCUT2D eigenvalue weighted by atomic mass is 35.5. The Balaban J connectivity index is 0.00000160. The van der Waals surface area contributed by atoms with Crippen LogP contribution in [-0.4, -0.2) is 54.3 Å². The van der Waals surface area contributed by atoms with Crippen LogP contribution in [0, 0.1) is 0 Å². The third-order valence-corrected chi connectivity index (χ3v) is 5.81. The number of piperidine rings is 1. The largest absolute Gasteiger partial charge is 0.497 e. The Bertz CT molecular complexity index is 806. The summed E-state index contributed by atoms with van der Waals surface area (Å²) in [4.78, 5) is 15.3. The first-order valence-corrected chi connectivity index (χ1v) is 10.2. The number of benzene rings is 1. The van der Waals surface area contributed by atoms with Crippen LogP contribution < -0.4 is 15.4 Å². The summed E-state index contributed by atoms with van der Waals surface area (Å²) in [6.45, 7) is 4.32. The smallest absolute Gasteiger partial charge is 0.272 e. The van der Waals surface area contributed by atoms with E-state index < -0.39 is 0 Å². The number of carbonyl (C=O) groups excluding carboxylic acids is 1. The van der Waals surface area contributed by atoms with Crippen molar-refractivity contribution in [2.75, 3.05) is 33.3 Å². The lowest BCUT2D eigenvalue weighted by atomic mass is 10.0. The Morgan fingerprint density at radius 1 is 1.20 bits per heavy atom. The minimum absolute atomic E-state index is 0. The quantitative estimate of drug-likeness (QED) is 0.623. The van der Waals surface area contributed by atoms with E-state index in [2.05, 4.69) is 37.9 Å². The minimum atomic E-state index is -0.100. The molecule has 1 saturated heterocycles. The number of ether oxygens (including phenoxy) is 1. The second-order valence-corrected chi connectivity index (χ2v) is 7.55. The van der Waals surface area contributed by atoms with Crippen molar-refractivity contribution in [2.45, 2.75) is 38.3 Å². The van der Waals surface area contributed by atoms with Gasteiger partial charge in [-0.1, -0.05) is 18.6 Å². The van der Waals surface area contributed by atoms with Gasteiger partial charge in [0.15, 0.2) is 5.69 Å². The summed E-state index contributed by atoms with van der Waals surface area (Å²) >= 11 is 0. The second kappa shape index (κ2) is 11.6. The fourth-order valence-electron chi connectivity index (χ4n) is 4.20. The van der Waals surface area contributed by atoms with Gasteiger partial charge in [0.2, 0.25) is 0 Å². The molecular weight excluding hydrogens is 425 g/mol. The molecule has 2 aliphatic heterocycles. The number of carbonyl (C=O) groups is 1. The normalized spacial score (nSPS) is 17.1. The van der Waals surface area contributed by atoms with Crippen molar-refractivity contribution >= 4 is 30.7 Å². The van der Waals surface area contributed by atoms with Crippen molar-refractivity contribution in [3.05, 3.63) is 46.8 Å². The fraction of sp³-hybridized carbons (Fsp3) is 0.524. The van der Waals surface area contributed by atoms with Crippen molar-refractivity contribution < 1.29 is 9.53 Å². The van der Waals surface area contributed by atoms with E-state index in [4.69, 9.17) is 4.74 Å². The number of halogens is 2. The number of H-pyrrole nitrogens is 1. The van der Waals surface area contributed by atoms with Crippen LogP contribution in [0.1, 0.15) is 52.6 Å². The summed E-state index contributed by atoms with van der Waals surface area (Å²) in [5.74, 6) is 0.748. The zero-order valence-corrected chi connectivity index (χ0v) is 18.9. The van der Waals surface area contributed by atoms with Gasteiger partial charge >= 0.3 is 0 Å². The van der Waals surface area contributed by atoms with Crippen LogP contribution >= 0.6 is 24.8 Å². The zero-order chi connectivity index (χ0) is 19.3. The maximum Gasteiger partial charge on any atom is 0.272 e. The van der Waals surface area contributed by atoms with Gasteiger partial charge in [0.05, 0.1) is 13.2 Å². The van der Waals surface area contributed by atoms with Gasteiger partial charge in [-0.2, -0.15) is 5.10 Å². The molecule has 1 amide bonds. The number of hydrogen-bond acceptors (Lipinski definition) is 5. The summed E-state index contributed by atoms with van der Waals surface area (Å²) in [6, 6.07) is 8.34. The molecule has 1 aromatic carbocycles. The fourth-order valence-corrected chi connectivity index (χ4v) is 4.20. The van der Waals surface area contributed by atoms with Crippen molar-refractivity contribution in [1.29, 1.82) is 0 Å². The van der Waals surface area contributed by atoms with Gasteiger partial charge in [0.25, 0.3) is 5.91 Å². The molecule has 166 valence electrons. The molecule has 30 heavy (non-hydrogen) atoms. The average molecular weight is 456 g/mol. The van der Waals surface area contributed by atoms with E-state index in [0.29, 0.717) is 18.8 Å². The number of likely N-dealkylation sites (tertiary alicyclic amines) is 1. The predicted molar refractivity (Wildman–Crippen MR) is 122 cm³/mol. The van der Waals surface area contributed by atoms with Crippen LogP contribution in [0.15, 0.2) is 24.3 Å². The van der Waals surface area contributed by atoms with Crippen molar-refractivity contribution in [3.8, 4) is 5.75 Å². The number of hydrogen-bond donors (Lipinski definition) is 3. The Morgan fingerprint density at radius 3 is 2.63 bits per heavy atom. The Hall–Kier alpha value is -1.80. The third-order valence-electron chi connectivity index (χ3n) is 5.81. The summed E-state index contributed by atoms with van der Waals surface area (Å²) in [5, 5.41) is 13.8. The van der Waals surface area contributed by atoms with Crippen LogP contribution in [0.25, 0.3) is 0 Å². The highest BCUT2D eigenvalue weighted by Gasteiger charge is 2.25. The maximum absolute atomic E-state index is 12.8. The SMILES string of the molecule is COc1ccc(C(CNC(=O)c2n[nH]c3c2CNCC3)N2CCCCC2)cc1.Cl.Cl. The molecule has 0 spiro atoms. The number of aromatic amines is 1. The molecule has 3 heterocycles. The van der Waals surface area contributed by atoms with Gasteiger partial charge in [-0.25, -0.2) is 0 Å². The van der Waals surface area contributed by atoms with Crippen LogP contribution in [0.5, 0.6) is 5.75 Å². The van der Waals surface area contributed by atoms with E-state index in [-0.39, 0.29) is 36.8 Å². The topological polar surface area (TPSA) is 82.3 Å². The van der Waals surface area contributed by atoms with Crippen LogP contribution in [0.4, 0.5) is 0 Å². The van der Waals surface area contributed by atoms with E-state index in [1.807, 2.05) is 12.1 Å². The summed E-state index contributed by atoms with van der Waals surface area (Å²) in [7, 11) is 1.68. The van der Waals surface area contributed by atoms with E-state index >= 15 is 0 Å². The van der Waals surface area contributed by atoms with Crippen molar-refractivity contribution in [2.24, 2.45) is 0 Å². The molecule has 0 aliphatic carbocycles. The molecule has 3 N–H and O–H groups in total. The van der Waals surface area contributed by atoms with Crippen molar-refractivity contribution in [1.82, 2.24) is 25.7 Å². The molecule has 1 fully saturated rings. The van der Waals surface area contributed by atoms with Crippen LogP contribution in [-0.2, 0) is 13.0 Å². The molecule has 7 nitrogen and oxygen atoms in total. The summed E-state index contributed by atoms with van der Waals surface area (Å²) < 4.78 is 5.29. The van der Waals surface area contributed by atoms with Gasteiger partial charge in [0, 0.05) is 37.3 Å². The minimum Gasteiger partial charge on any atom is -0.497 e. The maximum atomic E-state index is 12.8. The number of fused-ring (bicyclic) bond motifs is 1. The van der Waals surface area contributed by atoms with Gasteiger partial charge in [-0.15, -0.1) is 24.8 Å². The molecule has 2 aliphatic rings. The van der Waals surface area contributed by atoms with Gasteiger partial charge in [-0.05, 0) is 43.6 Å². The van der Waals surface area contributed by atoms with E-state index in [1.165, 1.54) is 24.8 Å². The number of methoxy groups -OCH3 is 1. The molecule has 0 bridgehead atoms. The average Bonchev–Trinajstić information content (AvgIpc) is 3.19. The molecule has 4 rings (SSSR count). The molecule has 2 aromatic rings. The molecule has 9 heteroatoms. The first-order chi connectivity index (χ1) is 13.8. The standard InChI is InChI=1S/C21H29N5O2.2ClH/c1-28-16-7-5-15(6-8-16)19(26-11-3-2-4-12-26)14-23-21(27)20-17-13-22-10-9-18(17)24-25-20;;/h5-8,19,22H,2-4,9-14H2,1H3,(H,23,27)(H,24,25);2*1H. The van der Waals surface area contributed by atoms with E-state index in [0.717, 1.165) is 43.1 Å². The van der Waals surface area contributed by atoms with E-state index in [9.17, 15) is 4.79 Å². The highest BCUT2D eigenvalue weighted by Crippen LogP contribution is 2.26. The van der Waals surface area contributed by atoms with Gasteiger partial charge in [-0.3, -0.25) is 14.8 Å². The molecule has 1 unspecified atom stereocenters. The van der Waals surface area contributed by atoms with Crippen LogP contribution in [0.3, 0.4) is 0 Å². The number of rotatable bonds is 6. The molecule has 0 radical (unpaired) electrons. The zero-order valence-electron chi connectivity index (χ0n) is 17.3. The Labute approximate surface area is 190 Å². The second-order valence-electron chi connectivity index (χ2n) is 7.55. The van der Waals surface area contributed by atoms with Gasteiger partial charge in [0.1, 0.15) is 5.75 Å². The van der Waals surface area contributed by atoms with Crippen molar-refractivity contribution in [3.63, 3.8) is 0 Å². The number of nitrogens with one attached hydrogen (secondary N) is 3. The number of aromatic nitrogens is 2. The number of amides is 1. The third kappa shape index (κ3) is 5.46. The van der Waals surface area contributed by atoms with E-state index in [1.54, 1.807) is 7.11 Å². The first kappa shape index (κ1) is 24.5. The summed E-state index contributed by atoms with van der Waals surface area (Å²) in [6.07, 6.45) is 4.58. The molecule has 1 aromatic heterocycles. The molecule has 1 atom stereocenters. The van der Waals surface area contributed by atoms with Crippen LogP contribution in [0.2, 0.25) is 0 Å².